The first-order valence-electron chi connectivity index (χ1n) is 9.59. The van der Waals surface area contributed by atoms with Gasteiger partial charge in [0.1, 0.15) is 5.58 Å². The molecule has 0 aliphatic heterocycles. The van der Waals surface area contributed by atoms with Crippen LogP contribution in [0.25, 0.3) is 11.0 Å². The quantitative estimate of drug-likeness (QED) is 0.682. The molecule has 5 nitrogen and oxygen atoms in total. The van der Waals surface area contributed by atoms with Gasteiger partial charge in [0.05, 0.1) is 18.7 Å². The number of carbonyl (C=O) groups excluding carboxylic acids is 2. The lowest BCUT2D eigenvalue weighted by Gasteiger charge is -2.26. The van der Waals surface area contributed by atoms with Crippen molar-refractivity contribution in [1.29, 1.82) is 0 Å². The summed E-state index contributed by atoms with van der Waals surface area (Å²) in [5.74, 6) is -0.717. The lowest BCUT2D eigenvalue weighted by Crippen LogP contribution is -2.34. The standard InChI is InChI=1S/C23H23NO4/c1-15-9-10-19-17(13-27-21(19)11-15)12-23(26)28-14-22(25)24-20-8-4-6-16-5-2-3-7-18(16)20/h2-3,5,7,9-11,13,20H,4,6,8,12,14H2,1H3,(H,24,25)/t20-/m0/s1. The van der Waals surface area contributed by atoms with Crippen molar-refractivity contribution in [2.75, 3.05) is 6.61 Å². The minimum atomic E-state index is -0.442. The van der Waals surface area contributed by atoms with Crippen LogP contribution in [0.2, 0.25) is 0 Å². The summed E-state index contributed by atoms with van der Waals surface area (Å²) in [5, 5.41) is 3.88. The van der Waals surface area contributed by atoms with E-state index in [1.807, 2.05) is 37.3 Å². The molecule has 0 bridgehead atoms. The van der Waals surface area contributed by atoms with E-state index in [4.69, 9.17) is 9.15 Å². The molecule has 1 aliphatic carbocycles. The van der Waals surface area contributed by atoms with Gasteiger partial charge in [-0.15, -0.1) is 0 Å². The molecule has 1 atom stereocenters. The predicted octanol–water partition coefficient (Wildman–Crippen LogP) is 4.02. The largest absolute Gasteiger partial charge is 0.464 e. The Morgan fingerprint density at radius 3 is 2.96 bits per heavy atom. The van der Waals surface area contributed by atoms with Gasteiger partial charge in [-0.1, -0.05) is 36.4 Å². The molecule has 1 aliphatic rings. The van der Waals surface area contributed by atoms with E-state index in [2.05, 4.69) is 17.4 Å². The minimum absolute atomic E-state index is 0.0165. The number of hydrogen-bond acceptors (Lipinski definition) is 4. The van der Waals surface area contributed by atoms with Gasteiger partial charge in [0.15, 0.2) is 6.61 Å². The van der Waals surface area contributed by atoms with Gasteiger partial charge in [-0.25, -0.2) is 0 Å². The second-order valence-corrected chi connectivity index (χ2v) is 7.31. The summed E-state index contributed by atoms with van der Waals surface area (Å²) in [6.45, 7) is 1.71. The van der Waals surface area contributed by atoms with Crippen molar-refractivity contribution in [3.63, 3.8) is 0 Å². The summed E-state index contributed by atoms with van der Waals surface area (Å²) >= 11 is 0. The van der Waals surface area contributed by atoms with E-state index in [1.165, 1.54) is 5.56 Å². The third kappa shape index (κ3) is 3.93. The van der Waals surface area contributed by atoms with Gasteiger partial charge < -0.3 is 14.5 Å². The molecule has 1 aromatic heterocycles. The molecule has 2 aromatic carbocycles. The predicted molar refractivity (Wildman–Crippen MR) is 106 cm³/mol. The van der Waals surface area contributed by atoms with Crippen molar-refractivity contribution in [1.82, 2.24) is 5.32 Å². The number of aryl methyl sites for hydroxylation is 2. The molecule has 1 N–H and O–H groups in total. The summed E-state index contributed by atoms with van der Waals surface area (Å²) in [6.07, 6.45) is 4.63. The Labute approximate surface area is 163 Å². The van der Waals surface area contributed by atoms with Crippen molar-refractivity contribution in [2.45, 2.75) is 38.6 Å². The molecule has 0 spiro atoms. The Bertz CT molecular complexity index is 1020. The van der Waals surface area contributed by atoms with E-state index < -0.39 is 5.97 Å². The number of rotatable bonds is 5. The Morgan fingerprint density at radius 2 is 2.07 bits per heavy atom. The van der Waals surface area contributed by atoms with E-state index >= 15 is 0 Å². The molecule has 1 amide bonds. The first-order valence-corrected chi connectivity index (χ1v) is 9.59. The second-order valence-electron chi connectivity index (χ2n) is 7.31. The maximum atomic E-state index is 12.3. The summed E-state index contributed by atoms with van der Waals surface area (Å²) < 4.78 is 10.7. The number of furan rings is 1. The molecule has 28 heavy (non-hydrogen) atoms. The first-order chi connectivity index (χ1) is 13.6. The smallest absolute Gasteiger partial charge is 0.310 e. The lowest BCUT2D eigenvalue weighted by molar-refractivity contribution is -0.148. The number of fused-ring (bicyclic) bond motifs is 2. The Kier molecular flexibility index (Phi) is 5.15. The van der Waals surface area contributed by atoms with Crippen LogP contribution in [-0.4, -0.2) is 18.5 Å². The Hall–Kier alpha value is -3.08. The fourth-order valence-electron chi connectivity index (χ4n) is 3.82. The Balaban J connectivity index is 1.32. The molecule has 4 rings (SSSR count). The maximum absolute atomic E-state index is 12.3. The molecule has 144 valence electrons. The third-order valence-electron chi connectivity index (χ3n) is 5.21. The normalized spacial score (nSPS) is 15.8. The van der Waals surface area contributed by atoms with Gasteiger partial charge in [-0.3, -0.25) is 9.59 Å². The molecule has 3 aromatic rings. The molecule has 0 radical (unpaired) electrons. The monoisotopic (exact) mass is 377 g/mol. The van der Waals surface area contributed by atoms with Crippen molar-refractivity contribution < 1.29 is 18.7 Å². The summed E-state index contributed by atoms with van der Waals surface area (Å²) in [6, 6.07) is 14.0. The number of hydrogen-bond donors (Lipinski definition) is 1. The van der Waals surface area contributed by atoms with Crippen LogP contribution in [0.4, 0.5) is 0 Å². The number of carbonyl (C=O) groups is 2. The van der Waals surface area contributed by atoms with Crippen molar-refractivity contribution in [3.05, 3.63) is 71.0 Å². The number of amides is 1. The lowest BCUT2D eigenvalue weighted by atomic mass is 9.88. The zero-order valence-electron chi connectivity index (χ0n) is 15.9. The summed E-state index contributed by atoms with van der Waals surface area (Å²) in [7, 11) is 0. The van der Waals surface area contributed by atoms with Crippen LogP contribution in [-0.2, 0) is 27.2 Å². The van der Waals surface area contributed by atoms with E-state index in [1.54, 1.807) is 6.26 Å². The van der Waals surface area contributed by atoms with Gasteiger partial charge in [0.2, 0.25) is 0 Å². The van der Waals surface area contributed by atoms with E-state index in [0.717, 1.165) is 46.9 Å². The van der Waals surface area contributed by atoms with E-state index in [0.29, 0.717) is 0 Å². The molecule has 0 saturated heterocycles. The van der Waals surface area contributed by atoms with Crippen LogP contribution < -0.4 is 5.32 Å². The van der Waals surface area contributed by atoms with Crippen LogP contribution in [0, 0.1) is 6.92 Å². The third-order valence-corrected chi connectivity index (χ3v) is 5.21. The van der Waals surface area contributed by atoms with Gasteiger partial charge in [-0.2, -0.15) is 0 Å². The fraction of sp³-hybridized carbons (Fsp3) is 0.304. The van der Waals surface area contributed by atoms with Crippen LogP contribution >= 0.6 is 0 Å². The van der Waals surface area contributed by atoms with Crippen molar-refractivity contribution in [2.24, 2.45) is 0 Å². The van der Waals surface area contributed by atoms with Crippen LogP contribution in [0.3, 0.4) is 0 Å². The molecule has 1 heterocycles. The maximum Gasteiger partial charge on any atom is 0.310 e. The highest BCUT2D eigenvalue weighted by Crippen LogP contribution is 2.29. The summed E-state index contributed by atoms with van der Waals surface area (Å²) in [4.78, 5) is 24.4. The van der Waals surface area contributed by atoms with E-state index in [-0.39, 0.29) is 25.0 Å². The van der Waals surface area contributed by atoms with E-state index in [9.17, 15) is 9.59 Å². The molecule has 0 fully saturated rings. The SMILES string of the molecule is Cc1ccc2c(CC(=O)OCC(=O)N[C@H]3CCCc4ccccc43)coc2c1. The van der Waals surface area contributed by atoms with Gasteiger partial charge in [0, 0.05) is 10.9 Å². The number of ether oxygens (including phenoxy) is 1. The van der Waals surface area contributed by atoms with Gasteiger partial charge >= 0.3 is 5.97 Å². The first kappa shape index (κ1) is 18.3. The second kappa shape index (κ2) is 7.89. The van der Waals surface area contributed by atoms with Gasteiger partial charge in [0.25, 0.3) is 5.91 Å². The molecular weight excluding hydrogens is 354 g/mol. The highest BCUT2D eigenvalue weighted by Gasteiger charge is 2.22. The number of nitrogens with one attached hydrogen (secondary N) is 1. The number of esters is 1. The average molecular weight is 377 g/mol. The minimum Gasteiger partial charge on any atom is -0.464 e. The topological polar surface area (TPSA) is 68.5 Å². The molecule has 0 unspecified atom stereocenters. The van der Waals surface area contributed by atoms with Crippen LogP contribution in [0.1, 0.15) is 41.1 Å². The highest BCUT2D eigenvalue weighted by atomic mass is 16.5. The molecule has 0 saturated carbocycles. The highest BCUT2D eigenvalue weighted by molar-refractivity contribution is 5.87. The average Bonchev–Trinajstić information content (AvgIpc) is 3.08. The van der Waals surface area contributed by atoms with Crippen LogP contribution in [0.15, 0.2) is 53.1 Å². The zero-order valence-corrected chi connectivity index (χ0v) is 15.9. The fourth-order valence-corrected chi connectivity index (χ4v) is 3.82. The molecule has 5 heteroatoms. The summed E-state index contributed by atoms with van der Waals surface area (Å²) in [5.41, 5.74) is 5.04. The molecular formula is C23H23NO4. The van der Waals surface area contributed by atoms with Crippen molar-refractivity contribution in [3.8, 4) is 0 Å². The number of benzene rings is 2. The zero-order chi connectivity index (χ0) is 19.5. The van der Waals surface area contributed by atoms with Gasteiger partial charge in [-0.05, 0) is 48.9 Å². The van der Waals surface area contributed by atoms with Crippen LogP contribution in [0.5, 0.6) is 0 Å². The Morgan fingerprint density at radius 1 is 1.21 bits per heavy atom. The van der Waals surface area contributed by atoms with Crippen molar-refractivity contribution >= 4 is 22.8 Å².